The lowest BCUT2D eigenvalue weighted by Gasteiger charge is -2.22. The monoisotopic (exact) mass is 200 g/mol. The van der Waals surface area contributed by atoms with Crippen molar-refractivity contribution in [1.29, 1.82) is 0 Å². The van der Waals surface area contributed by atoms with E-state index in [0.717, 1.165) is 19.6 Å². The molecule has 14 heavy (non-hydrogen) atoms. The van der Waals surface area contributed by atoms with Crippen molar-refractivity contribution in [3.8, 4) is 0 Å². The molecule has 2 N–H and O–H groups in total. The van der Waals surface area contributed by atoms with Crippen molar-refractivity contribution >= 4 is 5.91 Å². The molecule has 0 radical (unpaired) electrons. The minimum atomic E-state index is 0.167. The van der Waals surface area contributed by atoms with E-state index in [4.69, 9.17) is 0 Å². The second-order valence-corrected chi connectivity index (χ2v) is 3.37. The molecule has 1 fully saturated rings. The largest absolute Gasteiger partial charge is 0.356 e. The Labute approximate surface area is 87.6 Å². The Morgan fingerprint density at radius 1 is 1.50 bits per heavy atom. The van der Waals surface area contributed by atoms with Gasteiger partial charge in [-0.1, -0.05) is 20.8 Å². The smallest absolute Gasteiger partial charge is 0.219 e. The van der Waals surface area contributed by atoms with Crippen LogP contribution >= 0.6 is 0 Å². The van der Waals surface area contributed by atoms with Crippen LogP contribution in [0.3, 0.4) is 0 Å². The maximum absolute atomic E-state index is 10.9. The third-order valence-corrected chi connectivity index (χ3v) is 2.31. The molecule has 0 spiro atoms. The summed E-state index contributed by atoms with van der Waals surface area (Å²) in [5, 5.41) is 6.25. The number of amides is 1. The number of hydrogen-bond donors (Lipinski definition) is 2. The molecule has 3 nitrogen and oxygen atoms in total. The molecule has 84 valence electrons. The highest BCUT2D eigenvalue weighted by molar-refractivity contribution is 5.75. The Bertz CT molecular complexity index is 142. The Morgan fingerprint density at radius 2 is 2.21 bits per heavy atom. The Kier molecular flexibility index (Phi) is 8.64. The van der Waals surface area contributed by atoms with Crippen LogP contribution < -0.4 is 10.6 Å². The number of piperidine rings is 1. The number of carbonyl (C=O) groups is 1. The van der Waals surface area contributed by atoms with E-state index in [0.29, 0.717) is 12.3 Å². The van der Waals surface area contributed by atoms with Crippen LogP contribution in [0.1, 0.15) is 40.0 Å². The maximum atomic E-state index is 10.9. The predicted octanol–water partition coefficient (Wildman–Crippen LogP) is 1.54. The Balaban J connectivity index is 0.000000791. The van der Waals surface area contributed by atoms with Crippen LogP contribution in [0.2, 0.25) is 0 Å². The lowest BCUT2D eigenvalue weighted by molar-refractivity contribution is -0.120. The number of hydrogen-bond acceptors (Lipinski definition) is 2. The van der Waals surface area contributed by atoms with Crippen LogP contribution in [0.5, 0.6) is 0 Å². The minimum absolute atomic E-state index is 0.167. The summed E-state index contributed by atoms with van der Waals surface area (Å²) in [7, 11) is 0. The summed E-state index contributed by atoms with van der Waals surface area (Å²) >= 11 is 0. The average molecular weight is 200 g/mol. The zero-order chi connectivity index (χ0) is 10.8. The van der Waals surface area contributed by atoms with Gasteiger partial charge in [-0.2, -0.15) is 0 Å². The maximum Gasteiger partial charge on any atom is 0.219 e. The summed E-state index contributed by atoms with van der Waals surface area (Å²) in [4.78, 5) is 10.9. The van der Waals surface area contributed by atoms with Crippen LogP contribution in [0, 0.1) is 5.92 Å². The second kappa shape index (κ2) is 9.00. The summed E-state index contributed by atoms with van der Waals surface area (Å²) in [6.07, 6.45) is 3.09. The SMILES string of the molecule is CC.CCC(=O)NCC1CCCNC1. The summed E-state index contributed by atoms with van der Waals surface area (Å²) in [5.74, 6) is 0.815. The van der Waals surface area contributed by atoms with Crippen LogP contribution in [0.4, 0.5) is 0 Å². The molecule has 1 aliphatic heterocycles. The van der Waals surface area contributed by atoms with Gasteiger partial charge in [-0.25, -0.2) is 0 Å². The fourth-order valence-electron chi connectivity index (χ4n) is 1.48. The molecule has 1 amide bonds. The van der Waals surface area contributed by atoms with Crippen LogP contribution in [-0.4, -0.2) is 25.5 Å². The third kappa shape index (κ3) is 5.97. The first-order valence-corrected chi connectivity index (χ1v) is 5.80. The first-order valence-electron chi connectivity index (χ1n) is 5.80. The van der Waals surface area contributed by atoms with Crippen molar-refractivity contribution in [3.63, 3.8) is 0 Å². The average Bonchev–Trinajstić information content (AvgIpc) is 2.30. The minimum Gasteiger partial charge on any atom is -0.356 e. The first kappa shape index (κ1) is 13.4. The van der Waals surface area contributed by atoms with Crippen molar-refractivity contribution in [2.45, 2.75) is 40.0 Å². The Hall–Kier alpha value is -0.570. The van der Waals surface area contributed by atoms with Crippen LogP contribution in [0.15, 0.2) is 0 Å². The molecule has 1 heterocycles. The second-order valence-electron chi connectivity index (χ2n) is 3.37. The summed E-state index contributed by atoms with van der Waals surface area (Å²) < 4.78 is 0. The topological polar surface area (TPSA) is 41.1 Å². The van der Waals surface area contributed by atoms with Crippen LogP contribution in [0.25, 0.3) is 0 Å². The van der Waals surface area contributed by atoms with Crippen LogP contribution in [-0.2, 0) is 4.79 Å². The molecule has 0 aromatic heterocycles. The van der Waals surface area contributed by atoms with E-state index in [9.17, 15) is 4.79 Å². The fourth-order valence-corrected chi connectivity index (χ4v) is 1.48. The molecule has 0 aromatic rings. The lowest BCUT2D eigenvalue weighted by atomic mass is 10.00. The van der Waals surface area contributed by atoms with E-state index in [1.165, 1.54) is 12.8 Å². The highest BCUT2D eigenvalue weighted by atomic mass is 16.1. The molecule has 1 saturated heterocycles. The van der Waals surface area contributed by atoms with E-state index in [2.05, 4.69) is 10.6 Å². The number of carbonyl (C=O) groups excluding carboxylic acids is 1. The van der Waals surface area contributed by atoms with Gasteiger partial charge < -0.3 is 10.6 Å². The predicted molar refractivity (Wildman–Crippen MR) is 60.2 cm³/mol. The normalized spacial score (nSPS) is 20.6. The zero-order valence-electron chi connectivity index (χ0n) is 9.73. The molecule has 0 aromatic carbocycles. The molecule has 3 heteroatoms. The standard InChI is InChI=1S/C9H18N2O.C2H6/c1-2-9(12)11-7-8-4-3-5-10-6-8;1-2/h8,10H,2-7H2,1H3,(H,11,12);1-2H3. The quantitative estimate of drug-likeness (QED) is 0.725. The zero-order valence-corrected chi connectivity index (χ0v) is 9.73. The van der Waals surface area contributed by atoms with Gasteiger partial charge >= 0.3 is 0 Å². The van der Waals surface area contributed by atoms with Gasteiger partial charge in [-0.3, -0.25) is 4.79 Å². The van der Waals surface area contributed by atoms with Crippen molar-refractivity contribution in [2.75, 3.05) is 19.6 Å². The van der Waals surface area contributed by atoms with Gasteiger partial charge in [-0.15, -0.1) is 0 Å². The summed E-state index contributed by atoms with van der Waals surface area (Å²) in [6, 6.07) is 0. The summed E-state index contributed by atoms with van der Waals surface area (Å²) in [6.45, 7) is 8.93. The molecule has 1 rings (SSSR count). The van der Waals surface area contributed by atoms with Crippen molar-refractivity contribution < 1.29 is 4.79 Å². The first-order chi connectivity index (χ1) is 6.83. The van der Waals surface area contributed by atoms with Gasteiger partial charge in [0.05, 0.1) is 0 Å². The number of nitrogens with one attached hydrogen (secondary N) is 2. The van der Waals surface area contributed by atoms with Gasteiger partial charge in [0.2, 0.25) is 5.91 Å². The molecule has 1 atom stereocenters. The van der Waals surface area contributed by atoms with E-state index in [1.807, 2.05) is 20.8 Å². The third-order valence-electron chi connectivity index (χ3n) is 2.31. The molecule has 1 unspecified atom stereocenters. The van der Waals surface area contributed by atoms with Gasteiger partial charge in [0.15, 0.2) is 0 Å². The van der Waals surface area contributed by atoms with Gasteiger partial charge in [0, 0.05) is 13.0 Å². The lowest BCUT2D eigenvalue weighted by Crippen LogP contribution is -2.37. The van der Waals surface area contributed by atoms with E-state index < -0.39 is 0 Å². The molecule has 1 aliphatic rings. The van der Waals surface area contributed by atoms with E-state index in [-0.39, 0.29) is 5.91 Å². The van der Waals surface area contributed by atoms with Crippen molar-refractivity contribution in [1.82, 2.24) is 10.6 Å². The van der Waals surface area contributed by atoms with E-state index >= 15 is 0 Å². The molecular weight excluding hydrogens is 176 g/mol. The van der Waals surface area contributed by atoms with Crippen molar-refractivity contribution in [2.24, 2.45) is 5.92 Å². The Morgan fingerprint density at radius 3 is 2.71 bits per heavy atom. The molecular formula is C11H24N2O. The van der Waals surface area contributed by atoms with Gasteiger partial charge in [-0.05, 0) is 31.8 Å². The highest BCUT2D eigenvalue weighted by Crippen LogP contribution is 2.07. The molecule has 0 bridgehead atoms. The van der Waals surface area contributed by atoms with Crippen molar-refractivity contribution in [3.05, 3.63) is 0 Å². The van der Waals surface area contributed by atoms with Gasteiger partial charge in [0.25, 0.3) is 0 Å². The van der Waals surface area contributed by atoms with Gasteiger partial charge in [0.1, 0.15) is 0 Å². The summed E-state index contributed by atoms with van der Waals surface area (Å²) in [5.41, 5.74) is 0. The number of rotatable bonds is 3. The highest BCUT2D eigenvalue weighted by Gasteiger charge is 2.12. The van der Waals surface area contributed by atoms with E-state index in [1.54, 1.807) is 0 Å². The fraction of sp³-hybridized carbons (Fsp3) is 0.909. The molecule has 0 saturated carbocycles. The molecule has 0 aliphatic carbocycles.